The SMILES string of the molecule is CCOC(=O)C=CC(=O)Nc1c(C)cc(Cl)cc1C(=O)NC(C)C1CC1. The Bertz CT molecular complexity index is 741. The van der Waals surface area contributed by atoms with Crippen molar-refractivity contribution in [2.45, 2.75) is 39.7 Å². The van der Waals surface area contributed by atoms with Crippen molar-refractivity contribution in [1.82, 2.24) is 5.32 Å². The zero-order valence-electron chi connectivity index (χ0n) is 15.1. The molecule has 1 fully saturated rings. The molecule has 0 aromatic heterocycles. The first kappa shape index (κ1) is 20.0. The average molecular weight is 379 g/mol. The van der Waals surface area contributed by atoms with Crippen LogP contribution in [0.25, 0.3) is 0 Å². The van der Waals surface area contributed by atoms with E-state index in [1.807, 2.05) is 6.92 Å². The molecule has 1 aromatic rings. The molecule has 0 spiro atoms. The molecule has 0 heterocycles. The van der Waals surface area contributed by atoms with E-state index in [1.165, 1.54) is 6.07 Å². The first-order chi connectivity index (χ1) is 12.3. The van der Waals surface area contributed by atoms with Crippen LogP contribution >= 0.6 is 11.6 Å². The molecule has 0 aliphatic heterocycles. The number of hydrogen-bond donors (Lipinski definition) is 2. The molecule has 1 saturated carbocycles. The van der Waals surface area contributed by atoms with Gasteiger partial charge in [-0.3, -0.25) is 9.59 Å². The minimum atomic E-state index is -0.605. The lowest BCUT2D eigenvalue weighted by Gasteiger charge is -2.17. The zero-order valence-corrected chi connectivity index (χ0v) is 15.9. The van der Waals surface area contributed by atoms with E-state index in [2.05, 4.69) is 10.6 Å². The number of hydrogen-bond acceptors (Lipinski definition) is 4. The Balaban J connectivity index is 2.17. The van der Waals surface area contributed by atoms with Crippen LogP contribution in [-0.2, 0) is 14.3 Å². The van der Waals surface area contributed by atoms with Crippen LogP contribution in [0.2, 0.25) is 5.02 Å². The third kappa shape index (κ3) is 5.59. The Hall–Kier alpha value is -2.34. The lowest BCUT2D eigenvalue weighted by Crippen LogP contribution is -2.34. The molecule has 0 bridgehead atoms. The fourth-order valence-corrected chi connectivity index (χ4v) is 2.86. The van der Waals surface area contributed by atoms with E-state index in [9.17, 15) is 14.4 Å². The molecule has 2 rings (SSSR count). The van der Waals surface area contributed by atoms with Gasteiger partial charge in [0.15, 0.2) is 0 Å². The fraction of sp³-hybridized carbons (Fsp3) is 0.421. The number of carbonyl (C=O) groups excluding carboxylic acids is 3. The van der Waals surface area contributed by atoms with Crippen molar-refractivity contribution in [3.63, 3.8) is 0 Å². The summed E-state index contributed by atoms with van der Waals surface area (Å²) in [5.74, 6) is -0.927. The Labute approximate surface area is 157 Å². The highest BCUT2D eigenvalue weighted by Crippen LogP contribution is 2.33. The van der Waals surface area contributed by atoms with Crippen LogP contribution in [0.15, 0.2) is 24.3 Å². The molecule has 2 N–H and O–H groups in total. The summed E-state index contributed by atoms with van der Waals surface area (Å²) in [5, 5.41) is 6.01. The summed E-state index contributed by atoms with van der Waals surface area (Å²) in [7, 11) is 0. The number of anilines is 1. The number of benzene rings is 1. The molecule has 6 nitrogen and oxygen atoms in total. The van der Waals surface area contributed by atoms with E-state index in [4.69, 9.17) is 16.3 Å². The van der Waals surface area contributed by atoms with Crippen LogP contribution in [0.3, 0.4) is 0 Å². The van der Waals surface area contributed by atoms with Crippen molar-refractivity contribution in [2.75, 3.05) is 11.9 Å². The number of rotatable bonds is 7. The molecule has 1 unspecified atom stereocenters. The maximum atomic E-state index is 12.6. The first-order valence-corrected chi connectivity index (χ1v) is 8.96. The van der Waals surface area contributed by atoms with Crippen LogP contribution in [0.4, 0.5) is 5.69 Å². The van der Waals surface area contributed by atoms with E-state index in [1.54, 1.807) is 19.9 Å². The third-order valence-electron chi connectivity index (χ3n) is 4.14. The Morgan fingerprint density at radius 1 is 1.31 bits per heavy atom. The van der Waals surface area contributed by atoms with E-state index in [-0.39, 0.29) is 18.6 Å². The minimum absolute atomic E-state index is 0.0639. The second-order valence-electron chi connectivity index (χ2n) is 6.32. The summed E-state index contributed by atoms with van der Waals surface area (Å²) in [5.41, 5.74) is 1.31. The molecular formula is C19H23ClN2O4. The Morgan fingerprint density at radius 3 is 2.62 bits per heavy atom. The molecule has 26 heavy (non-hydrogen) atoms. The Kier molecular flexibility index (Phi) is 6.80. The minimum Gasteiger partial charge on any atom is -0.463 e. The van der Waals surface area contributed by atoms with Gasteiger partial charge in [-0.1, -0.05) is 11.6 Å². The molecule has 1 aromatic carbocycles. The highest BCUT2D eigenvalue weighted by atomic mass is 35.5. The van der Waals surface area contributed by atoms with E-state index in [0.29, 0.717) is 27.8 Å². The fourth-order valence-electron chi connectivity index (χ4n) is 2.59. The molecule has 140 valence electrons. The summed E-state index contributed by atoms with van der Waals surface area (Å²) in [6, 6.07) is 3.25. The number of nitrogens with one attached hydrogen (secondary N) is 2. The lowest BCUT2D eigenvalue weighted by atomic mass is 10.1. The number of ether oxygens (including phenoxy) is 1. The van der Waals surface area contributed by atoms with Crippen molar-refractivity contribution in [3.05, 3.63) is 40.4 Å². The maximum Gasteiger partial charge on any atom is 0.330 e. The summed E-state index contributed by atoms with van der Waals surface area (Å²) >= 11 is 6.08. The van der Waals surface area contributed by atoms with E-state index >= 15 is 0 Å². The largest absolute Gasteiger partial charge is 0.463 e. The average Bonchev–Trinajstić information content (AvgIpc) is 3.40. The predicted molar refractivity (Wildman–Crippen MR) is 100 cm³/mol. The van der Waals surface area contributed by atoms with Gasteiger partial charge in [0.25, 0.3) is 5.91 Å². The Morgan fingerprint density at radius 2 is 2.00 bits per heavy atom. The van der Waals surface area contributed by atoms with Crippen LogP contribution in [-0.4, -0.2) is 30.4 Å². The van der Waals surface area contributed by atoms with Crippen molar-refractivity contribution >= 4 is 35.1 Å². The molecule has 1 atom stereocenters. The van der Waals surface area contributed by atoms with Crippen LogP contribution in [0.1, 0.15) is 42.6 Å². The molecular weight excluding hydrogens is 356 g/mol. The lowest BCUT2D eigenvalue weighted by molar-refractivity contribution is -0.137. The van der Waals surface area contributed by atoms with Crippen molar-refractivity contribution < 1.29 is 19.1 Å². The van der Waals surface area contributed by atoms with Gasteiger partial charge in [0.2, 0.25) is 5.91 Å². The number of halogens is 1. The second kappa shape index (κ2) is 8.85. The van der Waals surface area contributed by atoms with Gasteiger partial charge in [-0.2, -0.15) is 0 Å². The quantitative estimate of drug-likeness (QED) is 0.563. The zero-order chi connectivity index (χ0) is 19.3. The van der Waals surface area contributed by atoms with Gasteiger partial charge in [-0.15, -0.1) is 0 Å². The molecule has 1 aliphatic rings. The number of esters is 1. The third-order valence-corrected chi connectivity index (χ3v) is 4.36. The molecule has 7 heteroatoms. The normalized spacial score (nSPS) is 14.8. The van der Waals surface area contributed by atoms with Crippen molar-refractivity contribution in [3.8, 4) is 0 Å². The second-order valence-corrected chi connectivity index (χ2v) is 6.76. The van der Waals surface area contributed by atoms with Crippen LogP contribution in [0, 0.1) is 12.8 Å². The van der Waals surface area contributed by atoms with Gasteiger partial charge in [0.05, 0.1) is 17.9 Å². The van der Waals surface area contributed by atoms with E-state index in [0.717, 1.165) is 25.0 Å². The molecule has 0 saturated heterocycles. The smallest absolute Gasteiger partial charge is 0.330 e. The van der Waals surface area contributed by atoms with Gasteiger partial charge in [0, 0.05) is 23.2 Å². The monoisotopic (exact) mass is 378 g/mol. The van der Waals surface area contributed by atoms with E-state index < -0.39 is 11.9 Å². The molecule has 0 radical (unpaired) electrons. The maximum absolute atomic E-state index is 12.6. The number of amides is 2. The van der Waals surface area contributed by atoms with Gasteiger partial charge >= 0.3 is 5.97 Å². The highest BCUT2D eigenvalue weighted by Gasteiger charge is 2.29. The van der Waals surface area contributed by atoms with Gasteiger partial charge in [-0.05, 0) is 57.2 Å². The topological polar surface area (TPSA) is 84.5 Å². The van der Waals surface area contributed by atoms with Gasteiger partial charge in [0.1, 0.15) is 0 Å². The van der Waals surface area contributed by atoms with Crippen molar-refractivity contribution in [2.24, 2.45) is 5.92 Å². The number of aryl methyl sites for hydroxylation is 1. The molecule has 1 aliphatic carbocycles. The standard InChI is InChI=1S/C19H23ClN2O4/c1-4-26-17(24)8-7-16(23)22-18-11(2)9-14(20)10-15(18)19(25)21-12(3)13-5-6-13/h7-10,12-13H,4-6H2,1-3H3,(H,21,25)(H,22,23). The van der Waals surface area contributed by atoms with Crippen molar-refractivity contribution in [1.29, 1.82) is 0 Å². The summed E-state index contributed by atoms with van der Waals surface area (Å²) in [6.07, 6.45) is 4.33. The summed E-state index contributed by atoms with van der Waals surface area (Å²) in [4.78, 5) is 36.0. The molecule has 2 amide bonds. The predicted octanol–water partition coefficient (Wildman–Crippen LogP) is 3.23. The first-order valence-electron chi connectivity index (χ1n) is 8.58. The van der Waals surface area contributed by atoms with Crippen LogP contribution in [0.5, 0.6) is 0 Å². The van der Waals surface area contributed by atoms with Gasteiger partial charge in [-0.25, -0.2) is 4.79 Å². The number of carbonyl (C=O) groups is 3. The summed E-state index contributed by atoms with van der Waals surface area (Å²) < 4.78 is 4.73. The summed E-state index contributed by atoms with van der Waals surface area (Å²) in [6.45, 7) is 5.62. The highest BCUT2D eigenvalue weighted by molar-refractivity contribution is 6.31. The van der Waals surface area contributed by atoms with Crippen LogP contribution < -0.4 is 10.6 Å². The van der Waals surface area contributed by atoms with Gasteiger partial charge < -0.3 is 15.4 Å².